The van der Waals surface area contributed by atoms with Crippen LogP contribution in [-0.2, 0) is 13.0 Å². The van der Waals surface area contributed by atoms with Crippen LogP contribution in [0.2, 0.25) is 5.02 Å². The third-order valence-corrected chi connectivity index (χ3v) is 3.49. The van der Waals surface area contributed by atoms with Gasteiger partial charge in [0.15, 0.2) is 0 Å². The van der Waals surface area contributed by atoms with Gasteiger partial charge in [-0.1, -0.05) is 23.7 Å². The van der Waals surface area contributed by atoms with Crippen LogP contribution in [0, 0.1) is 5.82 Å². The van der Waals surface area contributed by atoms with Crippen LogP contribution in [0.3, 0.4) is 0 Å². The normalized spacial score (nSPS) is 12.9. The summed E-state index contributed by atoms with van der Waals surface area (Å²) in [5, 5.41) is 3.67. The summed E-state index contributed by atoms with van der Waals surface area (Å²) in [5.41, 5.74) is 2.97. The molecule has 19 heavy (non-hydrogen) atoms. The van der Waals surface area contributed by atoms with Gasteiger partial charge in [-0.2, -0.15) is 0 Å². The second kappa shape index (κ2) is 5.10. The maximum Gasteiger partial charge on any atom is 0.125 e. The zero-order valence-corrected chi connectivity index (χ0v) is 11.0. The van der Waals surface area contributed by atoms with Crippen molar-refractivity contribution >= 4 is 17.3 Å². The van der Waals surface area contributed by atoms with Crippen molar-refractivity contribution in [2.24, 2.45) is 0 Å². The minimum absolute atomic E-state index is 0.297. The van der Waals surface area contributed by atoms with Gasteiger partial charge in [0.05, 0.1) is 17.3 Å². The zero-order chi connectivity index (χ0) is 13.2. The van der Waals surface area contributed by atoms with Gasteiger partial charge < -0.3 is 10.1 Å². The Morgan fingerprint density at radius 2 is 2.11 bits per heavy atom. The average Bonchev–Trinajstić information content (AvgIpc) is 2.87. The van der Waals surface area contributed by atoms with Crippen LogP contribution < -0.4 is 10.1 Å². The lowest BCUT2D eigenvalue weighted by Gasteiger charge is -2.09. The average molecular weight is 278 g/mol. The highest BCUT2D eigenvalue weighted by Crippen LogP contribution is 2.27. The summed E-state index contributed by atoms with van der Waals surface area (Å²) in [6, 6.07) is 10.4. The molecule has 0 unspecified atom stereocenters. The fourth-order valence-electron chi connectivity index (χ4n) is 2.18. The van der Waals surface area contributed by atoms with Crippen LogP contribution in [0.25, 0.3) is 0 Å². The molecule has 2 nitrogen and oxygen atoms in total. The molecule has 0 aromatic heterocycles. The number of fused-ring (bicyclic) bond motifs is 1. The first-order chi connectivity index (χ1) is 9.22. The highest BCUT2D eigenvalue weighted by molar-refractivity contribution is 6.33. The number of rotatable bonds is 3. The van der Waals surface area contributed by atoms with Crippen LogP contribution in [0.4, 0.5) is 10.1 Å². The molecule has 1 heterocycles. The fourth-order valence-corrected chi connectivity index (χ4v) is 2.36. The quantitative estimate of drug-likeness (QED) is 0.915. The van der Waals surface area contributed by atoms with Gasteiger partial charge in [-0.05, 0) is 35.4 Å². The van der Waals surface area contributed by atoms with Crippen LogP contribution in [0.5, 0.6) is 5.75 Å². The van der Waals surface area contributed by atoms with Gasteiger partial charge >= 0.3 is 0 Å². The Labute approximate surface area is 116 Å². The van der Waals surface area contributed by atoms with Crippen molar-refractivity contribution in [1.29, 1.82) is 0 Å². The van der Waals surface area contributed by atoms with E-state index in [0.29, 0.717) is 17.3 Å². The fraction of sp³-hybridized carbons (Fsp3) is 0.200. The monoisotopic (exact) mass is 277 g/mol. The van der Waals surface area contributed by atoms with E-state index in [1.807, 2.05) is 12.1 Å². The highest BCUT2D eigenvalue weighted by Gasteiger charge is 2.12. The van der Waals surface area contributed by atoms with Gasteiger partial charge in [0.2, 0.25) is 0 Å². The van der Waals surface area contributed by atoms with Crippen molar-refractivity contribution in [1.82, 2.24) is 0 Å². The van der Waals surface area contributed by atoms with E-state index in [2.05, 4.69) is 11.4 Å². The smallest absolute Gasteiger partial charge is 0.125 e. The molecular weight excluding hydrogens is 265 g/mol. The molecule has 0 spiro atoms. The van der Waals surface area contributed by atoms with E-state index in [1.165, 1.54) is 17.7 Å². The topological polar surface area (TPSA) is 21.3 Å². The minimum atomic E-state index is -0.297. The standard InChI is InChI=1S/C15H13ClFNO/c16-13-3-2-12(17)8-14(13)18-9-10-1-4-15-11(7-10)5-6-19-15/h1-4,7-8,18H,5-6,9H2. The Morgan fingerprint density at radius 3 is 3.00 bits per heavy atom. The first-order valence-corrected chi connectivity index (χ1v) is 6.54. The van der Waals surface area contributed by atoms with E-state index < -0.39 is 0 Å². The highest BCUT2D eigenvalue weighted by atomic mass is 35.5. The molecule has 1 aliphatic rings. The second-order valence-electron chi connectivity index (χ2n) is 4.52. The molecule has 4 heteroatoms. The van der Waals surface area contributed by atoms with Gasteiger partial charge in [0.25, 0.3) is 0 Å². The summed E-state index contributed by atoms with van der Waals surface area (Å²) in [6.07, 6.45) is 0.948. The van der Waals surface area contributed by atoms with Gasteiger partial charge in [-0.25, -0.2) is 4.39 Å². The zero-order valence-electron chi connectivity index (χ0n) is 10.2. The third kappa shape index (κ3) is 2.66. The predicted octanol–water partition coefficient (Wildman–Crippen LogP) is 4.03. The van der Waals surface area contributed by atoms with Crippen LogP contribution >= 0.6 is 11.6 Å². The number of benzene rings is 2. The molecule has 0 aliphatic carbocycles. The molecule has 3 rings (SSSR count). The van der Waals surface area contributed by atoms with Crippen molar-refractivity contribution in [2.45, 2.75) is 13.0 Å². The second-order valence-corrected chi connectivity index (χ2v) is 4.93. The van der Waals surface area contributed by atoms with Crippen LogP contribution in [0.1, 0.15) is 11.1 Å². The van der Waals surface area contributed by atoms with E-state index in [-0.39, 0.29) is 5.82 Å². The molecule has 0 atom stereocenters. The van der Waals surface area contributed by atoms with E-state index in [0.717, 1.165) is 24.3 Å². The Hall–Kier alpha value is -1.74. The van der Waals surface area contributed by atoms with Crippen molar-refractivity contribution in [2.75, 3.05) is 11.9 Å². The molecule has 0 saturated carbocycles. The number of nitrogens with one attached hydrogen (secondary N) is 1. The summed E-state index contributed by atoms with van der Waals surface area (Å²) >= 11 is 6.01. The lowest BCUT2D eigenvalue weighted by Crippen LogP contribution is -2.00. The van der Waals surface area contributed by atoms with Gasteiger partial charge in [-0.3, -0.25) is 0 Å². The molecule has 98 valence electrons. The number of anilines is 1. The summed E-state index contributed by atoms with van der Waals surface area (Å²) in [5.74, 6) is 0.668. The molecule has 1 N–H and O–H groups in total. The maximum atomic E-state index is 13.1. The molecule has 2 aromatic rings. The molecule has 0 saturated heterocycles. The molecule has 1 aliphatic heterocycles. The Balaban J connectivity index is 1.74. The third-order valence-electron chi connectivity index (χ3n) is 3.17. The van der Waals surface area contributed by atoms with Crippen molar-refractivity contribution in [3.8, 4) is 5.75 Å². The molecule has 0 radical (unpaired) electrons. The largest absolute Gasteiger partial charge is 0.493 e. The minimum Gasteiger partial charge on any atom is -0.493 e. The van der Waals surface area contributed by atoms with Crippen molar-refractivity contribution < 1.29 is 9.13 Å². The molecule has 0 fully saturated rings. The summed E-state index contributed by atoms with van der Waals surface area (Å²) in [4.78, 5) is 0. The summed E-state index contributed by atoms with van der Waals surface area (Å²) in [7, 11) is 0. The predicted molar refractivity (Wildman–Crippen MR) is 74.4 cm³/mol. The summed E-state index contributed by atoms with van der Waals surface area (Å²) in [6.45, 7) is 1.36. The van der Waals surface area contributed by atoms with Crippen molar-refractivity contribution in [3.63, 3.8) is 0 Å². The first-order valence-electron chi connectivity index (χ1n) is 6.16. The molecule has 0 amide bonds. The molecule has 2 aromatic carbocycles. The maximum absolute atomic E-state index is 13.1. The lowest BCUT2D eigenvalue weighted by atomic mass is 10.1. The van der Waals surface area contributed by atoms with Crippen LogP contribution in [0.15, 0.2) is 36.4 Å². The number of hydrogen-bond donors (Lipinski definition) is 1. The Kier molecular flexibility index (Phi) is 3.30. The van der Waals surface area contributed by atoms with E-state index in [1.54, 1.807) is 6.07 Å². The van der Waals surface area contributed by atoms with Crippen LogP contribution in [-0.4, -0.2) is 6.61 Å². The van der Waals surface area contributed by atoms with Gasteiger partial charge in [-0.15, -0.1) is 0 Å². The van der Waals surface area contributed by atoms with E-state index in [4.69, 9.17) is 16.3 Å². The SMILES string of the molecule is Fc1ccc(Cl)c(NCc2ccc3c(c2)CCO3)c1. The number of ether oxygens (including phenoxy) is 1. The number of hydrogen-bond acceptors (Lipinski definition) is 2. The Morgan fingerprint density at radius 1 is 1.21 bits per heavy atom. The number of halogens is 2. The molecular formula is C15H13ClFNO. The van der Waals surface area contributed by atoms with Gasteiger partial charge in [0.1, 0.15) is 11.6 Å². The lowest BCUT2D eigenvalue weighted by molar-refractivity contribution is 0.357. The van der Waals surface area contributed by atoms with Crippen molar-refractivity contribution in [3.05, 3.63) is 58.4 Å². The van der Waals surface area contributed by atoms with E-state index >= 15 is 0 Å². The first kappa shape index (κ1) is 12.3. The Bertz CT molecular complexity index is 615. The van der Waals surface area contributed by atoms with Gasteiger partial charge in [0, 0.05) is 13.0 Å². The summed E-state index contributed by atoms with van der Waals surface area (Å²) < 4.78 is 18.6. The molecule has 0 bridgehead atoms. The van der Waals surface area contributed by atoms with E-state index in [9.17, 15) is 4.39 Å².